The van der Waals surface area contributed by atoms with Crippen molar-refractivity contribution in [2.24, 2.45) is 0 Å². The molecule has 0 atom stereocenters. The number of carboxylic acids is 1. The zero-order chi connectivity index (χ0) is 23.7. The van der Waals surface area contributed by atoms with Crippen LogP contribution in [0.1, 0.15) is 39.7 Å². The predicted molar refractivity (Wildman–Crippen MR) is 121 cm³/mol. The van der Waals surface area contributed by atoms with Crippen molar-refractivity contribution in [3.63, 3.8) is 0 Å². The van der Waals surface area contributed by atoms with Gasteiger partial charge in [-0.15, -0.1) is 0 Å². The molecule has 2 aromatic heterocycles. The molecule has 0 aliphatic rings. The van der Waals surface area contributed by atoms with E-state index in [0.29, 0.717) is 33.5 Å². The molecule has 0 bridgehead atoms. The fraction of sp³-hybridized carbons (Fsp3) is 0.115. The average molecular weight is 443 g/mol. The van der Waals surface area contributed by atoms with Crippen LogP contribution in [-0.2, 0) is 4.79 Å². The van der Waals surface area contributed by atoms with Crippen molar-refractivity contribution in [3.8, 4) is 6.07 Å². The lowest BCUT2D eigenvalue weighted by atomic mass is 9.97. The maximum Gasteiger partial charge on any atom is 0.328 e. The topological polar surface area (TPSA) is 78.9 Å². The lowest BCUT2D eigenvalue weighted by Crippen LogP contribution is -2.15. The van der Waals surface area contributed by atoms with Crippen LogP contribution in [0.5, 0.6) is 0 Å². The van der Waals surface area contributed by atoms with E-state index >= 15 is 0 Å². The molecule has 0 aliphatic heterocycles. The van der Waals surface area contributed by atoms with Gasteiger partial charge >= 0.3 is 5.97 Å². The molecule has 33 heavy (non-hydrogen) atoms. The molecule has 0 fully saturated rings. The van der Waals surface area contributed by atoms with Crippen LogP contribution in [0, 0.1) is 36.8 Å². The smallest absolute Gasteiger partial charge is 0.328 e. The Kier molecular flexibility index (Phi) is 5.76. The first-order valence-corrected chi connectivity index (χ1v) is 10.1. The fourth-order valence-electron chi connectivity index (χ4n) is 4.13. The zero-order valence-electron chi connectivity index (χ0n) is 17.9. The number of nitriles is 1. The van der Waals surface area contributed by atoms with Crippen molar-refractivity contribution in [2.45, 2.75) is 19.9 Å². The summed E-state index contributed by atoms with van der Waals surface area (Å²) in [5.41, 5.74) is 3.96. The number of carboxylic acid groups (broad SMARTS) is 1. The number of aryl methyl sites for hydroxylation is 2. The minimum atomic E-state index is -1.17. The van der Waals surface area contributed by atoms with Crippen molar-refractivity contribution < 1.29 is 18.7 Å². The highest BCUT2D eigenvalue weighted by Crippen LogP contribution is 2.37. The van der Waals surface area contributed by atoms with E-state index in [0.717, 1.165) is 11.6 Å². The summed E-state index contributed by atoms with van der Waals surface area (Å²) >= 11 is 0. The van der Waals surface area contributed by atoms with E-state index in [1.54, 1.807) is 28.8 Å². The van der Waals surface area contributed by atoms with E-state index in [9.17, 15) is 23.9 Å². The third-order valence-electron chi connectivity index (χ3n) is 5.44. The van der Waals surface area contributed by atoms with Crippen LogP contribution in [0.25, 0.3) is 17.1 Å². The van der Waals surface area contributed by atoms with Gasteiger partial charge in [-0.05, 0) is 66.9 Å². The second-order valence-corrected chi connectivity index (χ2v) is 7.70. The Balaban J connectivity index is 2.16. The zero-order valence-corrected chi connectivity index (χ0v) is 17.9. The van der Waals surface area contributed by atoms with Gasteiger partial charge < -0.3 is 9.67 Å². The van der Waals surface area contributed by atoms with Gasteiger partial charge in [0, 0.05) is 17.2 Å². The summed E-state index contributed by atoms with van der Waals surface area (Å²) in [5.74, 6) is -2.00. The van der Waals surface area contributed by atoms with E-state index < -0.39 is 23.6 Å². The second-order valence-electron chi connectivity index (χ2n) is 7.70. The highest BCUT2D eigenvalue weighted by molar-refractivity contribution is 5.94. The molecule has 0 amide bonds. The van der Waals surface area contributed by atoms with E-state index in [1.165, 1.54) is 30.3 Å². The van der Waals surface area contributed by atoms with Gasteiger partial charge in [0.05, 0.1) is 17.3 Å². The summed E-state index contributed by atoms with van der Waals surface area (Å²) in [7, 11) is 0. The van der Waals surface area contributed by atoms with Crippen LogP contribution in [-0.4, -0.2) is 20.6 Å². The number of hydrogen-bond acceptors (Lipinski definition) is 3. The van der Waals surface area contributed by atoms with Crippen LogP contribution < -0.4 is 0 Å². The molecule has 7 heteroatoms. The van der Waals surface area contributed by atoms with Gasteiger partial charge in [0.15, 0.2) is 0 Å². The molecule has 0 unspecified atom stereocenters. The largest absolute Gasteiger partial charge is 0.478 e. The third kappa shape index (κ3) is 4.11. The molecule has 0 radical (unpaired) electrons. The first-order chi connectivity index (χ1) is 15.8. The Labute approximate surface area is 188 Å². The van der Waals surface area contributed by atoms with Crippen LogP contribution in [0.4, 0.5) is 8.78 Å². The summed E-state index contributed by atoms with van der Waals surface area (Å²) < 4.78 is 29.2. The summed E-state index contributed by atoms with van der Waals surface area (Å²) in [5, 5.41) is 19.9. The molecule has 0 aliphatic carbocycles. The standard InChI is InChI=1S/C26H19F2N3O2/c1-15-13-16(2)30-26-24(15)21(14-29)22(11-12-23(32)33)31(26)25(17-3-7-19(27)8-4-17)18-5-9-20(28)10-6-18/h3-13,25H,1-2H3,(H,32,33)/b12-11+. The monoisotopic (exact) mass is 443 g/mol. The minimum absolute atomic E-state index is 0.279. The first-order valence-electron chi connectivity index (χ1n) is 10.1. The number of carbonyl (C=O) groups is 1. The molecule has 2 aromatic carbocycles. The van der Waals surface area contributed by atoms with Gasteiger partial charge in [-0.3, -0.25) is 0 Å². The Hall–Kier alpha value is -4.31. The predicted octanol–water partition coefficient (Wildman–Crippen LogP) is 5.54. The summed E-state index contributed by atoms with van der Waals surface area (Å²) in [6.45, 7) is 3.69. The first kappa shape index (κ1) is 21.9. The number of halogens is 2. The van der Waals surface area contributed by atoms with Crippen molar-refractivity contribution in [2.75, 3.05) is 0 Å². The highest BCUT2D eigenvalue weighted by Gasteiger charge is 2.27. The number of nitrogens with zero attached hydrogens (tertiary/aromatic N) is 3. The Bertz CT molecular complexity index is 1380. The molecular formula is C26H19F2N3O2. The van der Waals surface area contributed by atoms with Gasteiger partial charge in [0.2, 0.25) is 0 Å². The summed E-state index contributed by atoms with van der Waals surface area (Å²) in [6, 6.07) is 15.1. The molecule has 164 valence electrons. The summed E-state index contributed by atoms with van der Waals surface area (Å²) in [6.07, 6.45) is 2.32. The fourth-order valence-corrected chi connectivity index (χ4v) is 4.13. The van der Waals surface area contributed by atoms with Crippen LogP contribution in [0.3, 0.4) is 0 Å². The SMILES string of the molecule is Cc1cc(C)c2c(C#N)c(/C=C/C(=O)O)n(C(c3ccc(F)cc3)c3ccc(F)cc3)c2n1. The average Bonchev–Trinajstić information content (AvgIpc) is 3.08. The number of aliphatic carboxylic acids is 1. The number of fused-ring (bicyclic) bond motifs is 1. The van der Waals surface area contributed by atoms with Gasteiger partial charge in [0.1, 0.15) is 23.4 Å². The van der Waals surface area contributed by atoms with E-state index in [2.05, 4.69) is 11.1 Å². The number of hydrogen-bond donors (Lipinski definition) is 1. The second kappa shape index (κ2) is 8.67. The maximum absolute atomic E-state index is 13.7. The van der Waals surface area contributed by atoms with Crippen LogP contribution in [0.2, 0.25) is 0 Å². The van der Waals surface area contributed by atoms with Gasteiger partial charge in [-0.1, -0.05) is 24.3 Å². The number of benzene rings is 2. The van der Waals surface area contributed by atoms with Crippen LogP contribution >= 0.6 is 0 Å². The molecule has 2 heterocycles. The molecule has 5 nitrogen and oxygen atoms in total. The molecule has 4 aromatic rings. The highest BCUT2D eigenvalue weighted by atomic mass is 19.1. The molecule has 1 N–H and O–H groups in total. The van der Waals surface area contributed by atoms with Gasteiger partial charge in [-0.2, -0.15) is 5.26 Å². The van der Waals surface area contributed by atoms with E-state index in [-0.39, 0.29) is 5.56 Å². The van der Waals surface area contributed by atoms with Crippen molar-refractivity contribution >= 4 is 23.1 Å². The third-order valence-corrected chi connectivity index (χ3v) is 5.44. The Morgan fingerprint density at radius 3 is 2.09 bits per heavy atom. The lowest BCUT2D eigenvalue weighted by Gasteiger charge is -2.23. The lowest BCUT2D eigenvalue weighted by molar-refractivity contribution is -0.131. The van der Waals surface area contributed by atoms with E-state index in [1.807, 2.05) is 19.9 Å². The number of pyridine rings is 1. The van der Waals surface area contributed by atoms with Gasteiger partial charge in [0.25, 0.3) is 0 Å². The molecule has 0 saturated carbocycles. The van der Waals surface area contributed by atoms with E-state index in [4.69, 9.17) is 0 Å². The molecule has 0 saturated heterocycles. The molecule has 0 spiro atoms. The molecular weight excluding hydrogens is 424 g/mol. The van der Waals surface area contributed by atoms with Crippen molar-refractivity contribution in [1.29, 1.82) is 5.26 Å². The quantitative estimate of drug-likeness (QED) is 0.411. The number of rotatable bonds is 5. The number of aromatic nitrogens is 2. The normalized spacial score (nSPS) is 11.4. The van der Waals surface area contributed by atoms with Crippen molar-refractivity contribution in [1.82, 2.24) is 9.55 Å². The van der Waals surface area contributed by atoms with Crippen molar-refractivity contribution in [3.05, 3.63) is 106 Å². The van der Waals surface area contributed by atoms with Gasteiger partial charge in [-0.25, -0.2) is 18.6 Å². The minimum Gasteiger partial charge on any atom is -0.478 e. The summed E-state index contributed by atoms with van der Waals surface area (Å²) in [4.78, 5) is 16.0. The molecule has 4 rings (SSSR count). The maximum atomic E-state index is 13.7. The van der Waals surface area contributed by atoms with Crippen LogP contribution in [0.15, 0.2) is 60.7 Å². The Morgan fingerprint density at radius 1 is 1.06 bits per heavy atom. The Morgan fingerprint density at radius 2 is 1.61 bits per heavy atom.